The second-order valence-corrected chi connectivity index (χ2v) is 15.9. The molecule has 0 spiro atoms. The van der Waals surface area contributed by atoms with Crippen molar-refractivity contribution >= 4 is 40.2 Å². The van der Waals surface area contributed by atoms with Gasteiger partial charge in [0.15, 0.2) is 0 Å². The Hall–Kier alpha value is -2.70. The van der Waals surface area contributed by atoms with Crippen LogP contribution in [0.25, 0.3) is 17.0 Å². The molecule has 10 heteroatoms. The van der Waals surface area contributed by atoms with Crippen LogP contribution in [0.15, 0.2) is 64.5 Å². The van der Waals surface area contributed by atoms with Crippen LogP contribution in [0.1, 0.15) is 18.4 Å². The van der Waals surface area contributed by atoms with Crippen LogP contribution in [0.3, 0.4) is 0 Å². The van der Waals surface area contributed by atoms with Crippen LogP contribution in [0.4, 0.5) is 11.5 Å². The first-order valence-corrected chi connectivity index (χ1v) is 18.5. The first-order chi connectivity index (χ1) is 23.5. The van der Waals surface area contributed by atoms with Crippen LogP contribution in [0, 0.1) is 0 Å². The van der Waals surface area contributed by atoms with Gasteiger partial charge in [-0.3, -0.25) is 4.90 Å². The maximum Gasteiger partial charge on any atom is 0.277 e. The molecule has 0 fully saturated rings. The van der Waals surface area contributed by atoms with Crippen LogP contribution >= 0.6 is 11.8 Å². The summed E-state index contributed by atoms with van der Waals surface area (Å²) in [5, 5.41) is 2.49. The minimum atomic E-state index is 0.550. The molecule has 0 saturated carbocycles. The Labute approximate surface area is 300 Å². The number of anilines is 2. The minimum absolute atomic E-state index is 0.550. The fourth-order valence-corrected chi connectivity index (χ4v) is 7.12. The van der Waals surface area contributed by atoms with Gasteiger partial charge < -0.3 is 32.8 Å². The minimum Gasteiger partial charge on any atom is -0.382 e. The van der Waals surface area contributed by atoms with Gasteiger partial charge in [0.25, 0.3) is 5.82 Å². The average Bonchev–Trinajstić information content (AvgIpc) is 3.37. The van der Waals surface area contributed by atoms with Gasteiger partial charge in [-0.15, -0.1) is 0 Å². The van der Waals surface area contributed by atoms with Crippen LogP contribution in [0.5, 0.6) is 0 Å². The fourth-order valence-electron chi connectivity index (χ4n) is 6.02. The summed E-state index contributed by atoms with van der Waals surface area (Å²) in [5.74, 6) is 1.25. The van der Waals surface area contributed by atoms with Gasteiger partial charge in [-0.2, -0.15) is 0 Å². The van der Waals surface area contributed by atoms with Crippen molar-refractivity contribution in [1.29, 1.82) is 0 Å². The number of hydrogen-bond acceptors (Lipinski definition) is 7. The van der Waals surface area contributed by atoms with Gasteiger partial charge in [-0.05, 0) is 29.8 Å². The molecule has 0 amide bonds. The number of nitrogens with zero attached hydrogens (tertiary/aromatic N) is 5. The van der Waals surface area contributed by atoms with Gasteiger partial charge in [0.05, 0.1) is 125 Å². The number of benzene rings is 2. The maximum atomic E-state index is 6.15. The summed E-state index contributed by atoms with van der Waals surface area (Å²) in [4.78, 5) is 6.25. The third kappa shape index (κ3) is 12.5. The molecule has 3 aromatic rings. The first-order valence-electron chi connectivity index (χ1n) is 17.7. The van der Waals surface area contributed by atoms with Gasteiger partial charge in [0, 0.05) is 43.3 Å². The van der Waals surface area contributed by atoms with Gasteiger partial charge in [-0.25, -0.2) is 4.57 Å². The second kappa shape index (κ2) is 19.1. The van der Waals surface area contributed by atoms with Gasteiger partial charge in [-0.1, -0.05) is 42.1 Å². The molecule has 0 N–H and O–H groups in total. The third-order valence-corrected chi connectivity index (χ3v) is 9.76. The predicted octanol–water partition coefficient (Wildman–Crippen LogP) is 5.36. The lowest BCUT2D eigenvalue weighted by Crippen LogP contribution is -2.47. The molecule has 0 bridgehead atoms. The van der Waals surface area contributed by atoms with E-state index in [9.17, 15) is 0 Å². The van der Waals surface area contributed by atoms with E-state index in [1.165, 1.54) is 37.9 Å². The highest BCUT2D eigenvalue weighted by Crippen LogP contribution is 2.45. The number of para-hydroxylation sites is 2. The molecular weight excluding hydrogens is 635 g/mol. The Kier molecular flexibility index (Phi) is 15.2. The van der Waals surface area contributed by atoms with Crippen molar-refractivity contribution in [1.82, 2.24) is 0 Å². The van der Waals surface area contributed by atoms with E-state index >= 15 is 0 Å². The molecule has 49 heavy (non-hydrogen) atoms. The summed E-state index contributed by atoms with van der Waals surface area (Å²) in [5.41, 5.74) is 3.73. The summed E-state index contributed by atoms with van der Waals surface area (Å²) in [6.07, 6.45) is 4.62. The number of thioether (sulfide) groups is 1. The second-order valence-electron chi connectivity index (χ2n) is 14.8. The predicted molar refractivity (Wildman–Crippen MR) is 204 cm³/mol. The lowest BCUT2D eigenvalue weighted by molar-refractivity contribution is -0.870. The topological polar surface area (TPSA) is 47.3 Å². The van der Waals surface area contributed by atoms with Gasteiger partial charge in [0.1, 0.15) is 12.1 Å². The van der Waals surface area contributed by atoms with Crippen LogP contribution in [0.2, 0.25) is 0 Å². The quantitative estimate of drug-likeness (QED) is 0.0797. The molecule has 0 aliphatic carbocycles. The van der Waals surface area contributed by atoms with Crippen molar-refractivity contribution < 1.29 is 32.5 Å². The van der Waals surface area contributed by atoms with Crippen molar-refractivity contribution in [2.45, 2.75) is 24.3 Å². The molecule has 270 valence electrons. The zero-order valence-corrected chi connectivity index (χ0v) is 32.3. The number of aromatic nitrogens is 1. The summed E-state index contributed by atoms with van der Waals surface area (Å²) < 4.78 is 26.8. The lowest BCUT2D eigenvalue weighted by atomic mass is 10.1. The number of quaternary nitrogens is 2. The summed E-state index contributed by atoms with van der Waals surface area (Å²) in [6.45, 7) is 9.02. The van der Waals surface area contributed by atoms with Gasteiger partial charge >= 0.3 is 0 Å². The molecule has 9 nitrogen and oxygen atoms in total. The average molecular weight is 697 g/mol. The highest BCUT2D eigenvalue weighted by molar-refractivity contribution is 8.03. The zero-order valence-electron chi connectivity index (χ0n) is 31.5. The summed E-state index contributed by atoms with van der Waals surface area (Å²) in [7, 11) is 17.6. The van der Waals surface area contributed by atoms with E-state index in [1.54, 1.807) is 7.11 Å². The zero-order chi connectivity index (χ0) is 35.3. The standard InChI is InChI=1S/C39H62N5O4S/c1-40-36-17-11-12-18-37(36)49-39(40)32-33-31-38(41(19-13-22-43(2,3)4)20-14-23-44(5,6)7)42(35-16-10-9-15-34(33)35)21-24-46-27-28-48-30-29-47-26-25-45-8/h9-12,15-18,31-32H,13-14,19-30H2,1-8H3/q+3. The normalized spacial score (nSPS) is 14.3. The molecule has 0 saturated heterocycles. The van der Waals surface area contributed by atoms with Crippen molar-refractivity contribution in [3.8, 4) is 0 Å². The molecule has 4 rings (SSSR count). The Bertz CT molecular complexity index is 1470. The Morgan fingerprint density at radius 3 is 1.94 bits per heavy atom. The number of fused-ring (bicyclic) bond motifs is 2. The molecule has 0 atom stereocenters. The van der Waals surface area contributed by atoms with Crippen LogP contribution in [-0.2, 0) is 25.5 Å². The molecular formula is C39H62N5O4S+3. The number of methoxy groups -OCH3 is 1. The number of pyridine rings is 1. The molecule has 2 aromatic carbocycles. The number of hydrogen-bond donors (Lipinski definition) is 0. The van der Waals surface area contributed by atoms with E-state index in [2.05, 4.69) is 124 Å². The van der Waals surface area contributed by atoms with E-state index in [1.807, 2.05) is 11.8 Å². The van der Waals surface area contributed by atoms with Crippen molar-refractivity contribution in [3.63, 3.8) is 0 Å². The van der Waals surface area contributed by atoms with E-state index < -0.39 is 0 Å². The van der Waals surface area contributed by atoms with Gasteiger partial charge in [0.2, 0.25) is 0 Å². The third-order valence-electron chi connectivity index (χ3n) is 8.59. The maximum absolute atomic E-state index is 6.15. The highest BCUT2D eigenvalue weighted by atomic mass is 32.2. The van der Waals surface area contributed by atoms with Crippen LogP contribution < -0.4 is 14.4 Å². The van der Waals surface area contributed by atoms with E-state index in [-0.39, 0.29) is 0 Å². The van der Waals surface area contributed by atoms with Crippen molar-refractivity contribution in [2.24, 2.45) is 0 Å². The van der Waals surface area contributed by atoms with Crippen molar-refractivity contribution in [2.75, 3.05) is 139 Å². The molecule has 2 heterocycles. The van der Waals surface area contributed by atoms with E-state index in [0.29, 0.717) is 46.2 Å². The molecule has 1 aliphatic rings. The summed E-state index contributed by atoms with van der Waals surface area (Å²) >= 11 is 1.85. The largest absolute Gasteiger partial charge is 0.382 e. The van der Waals surface area contributed by atoms with Crippen LogP contribution in [-0.4, -0.2) is 138 Å². The highest BCUT2D eigenvalue weighted by Gasteiger charge is 2.27. The Balaban J connectivity index is 1.62. The smallest absolute Gasteiger partial charge is 0.277 e. The van der Waals surface area contributed by atoms with E-state index in [0.717, 1.165) is 54.5 Å². The first kappa shape index (κ1) is 39.1. The molecule has 0 radical (unpaired) electrons. The SMILES string of the molecule is COCCOCCOCCOCC[n+]1c(N(CCC[N+](C)(C)C)CCC[N+](C)(C)C)cc(C=C2Sc3ccccc3N2C)c2ccccc21. The number of ether oxygens (including phenoxy) is 4. The summed E-state index contributed by atoms with van der Waals surface area (Å²) in [6, 6.07) is 19.9. The lowest BCUT2D eigenvalue weighted by Gasteiger charge is -2.28. The number of rotatable bonds is 22. The molecule has 1 aromatic heterocycles. The molecule has 0 unspecified atom stereocenters. The Morgan fingerprint density at radius 2 is 1.33 bits per heavy atom. The fraction of sp³-hybridized carbons (Fsp3) is 0.564. The monoisotopic (exact) mass is 696 g/mol. The van der Waals surface area contributed by atoms with Crippen molar-refractivity contribution in [3.05, 3.63) is 65.2 Å². The van der Waals surface area contributed by atoms with E-state index in [4.69, 9.17) is 18.9 Å². The Morgan fingerprint density at radius 1 is 0.755 bits per heavy atom. The molecule has 1 aliphatic heterocycles.